The lowest BCUT2D eigenvalue weighted by Crippen LogP contribution is -2.08. The van der Waals surface area contributed by atoms with Crippen molar-refractivity contribution in [3.8, 4) is 0 Å². The van der Waals surface area contributed by atoms with E-state index in [0.29, 0.717) is 0 Å². The molecular weight excluding hydrogens is 269 g/mol. The number of aryl methyl sites for hydroxylation is 1. The highest BCUT2D eigenvalue weighted by atomic mass is 32.1. The van der Waals surface area contributed by atoms with Gasteiger partial charge in [0.1, 0.15) is 16.5 Å². The van der Waals surface area contributed by atoms with Gasteiger partial charge in [0.25, 0.3) is 5.69 Å². The Kier molecular flexibility index (Phi) is 3.75. The number of nitro groups is 1. The Morgan fingerprint density at radius 1 is 1.53 bits per heavy atom. The van der Waals surface area contributed by atoms with E-state index in [4.69, 9.17) is 0 Å². The maximum atomic E-state index is 13.0. The second-order valence-corrected chi connectivity index (χ2v) is 5.00. The summed E-state index contributed by atoms with van der Waals surface area (Å²) in [5.74, 6) is -0.630. The van der Waals surface area contributed by atoms with E-state index in [0.717, 1.165) is 16.8 Å². The van der Waals surface area contributed by atoms with Gasteiger partial charge in [-0.05, 0) is 26.0 Å². The normalized spacial score (nSPS) is 12.2. The predicted molar refractivity (Wildman–Crippen MR) is 71.9 cm³/mol. The minimum absolute atomic E-state index is 0.178. The highest BCUT2D eigenvalue weighted by Gasteiger charge is 2.18. The van der Waals surface area contributed by atoms with Crippen LogP contribution in [0.4, 0.5) is 15.8 Å². The van der Waals surface area contributed by atoms with Crippen LogP contribution < -0.4 is 5.32 Å². The number of nitrogens with zero attached hydrogens (tertiary/aromatic N) is 2. The Morgan fingerprint density at radius 3 is 2.84 bits per heavy atom. The third-order valence-corrected chi connectivity index (χ3v) is 3.68. The van der Waals surface area contributed by atoms with Crippen LogP contribution in [0.1, 0.15) is 23.7 Å². The average molecular weight is 281 g/mol. The summed E-state index contributed by atoms with van der Waals surface area (Å²) in [6, 6.07) is 3.28. The van der Waals surface area contributed by atoms with E-state index in [1.807, 2.05) is 19.2 Å². The van der Waals surface area contributed by atoms with Crippen LogP contribution in [-0.4, -0.2) is 9.91 Å². The molecule has 5 nitrogen and oxygen atoms in total. The highest BCUT2D eigenvalue weighted by Crippen LogP contribution is 2.29. The van der Waals surface area contributed by atoms with Gasteiger partial charge in [-0.1, -0.05) is 0 Å². The zero-order chi connectivity index (χ0) is 14.0. The number of nitro benzene ring substituents is 1. The number of aromatic nitrogens is 1. The summed E-state index contributed by atoms with van der Waals surface area (Å²) in [4.78, 5) is 14.6. The van der Waals surface area contributed by atoms with Crippen molar-refractivity contribution in [2.45, 2.75) is 19.9 Å². The topological polar surface area (TPSA) is 68.1 Å². The molecule has 0 aliphatic carbocycles. The van der Waals surface area contributed by atoms with Gasteiger partial charge in [-0.25, -0.2) is 9.37 Å². The van der Waals surface area contributed by atoms with Gasteiger partial charge in [-0.2, -0.15) is 0 Å². The standard InChI is InChI=1S/C12H12FN3O2S/c1-7-6-19-12(14-7)8(2)15-10-4-3-9(13)5-11(10)16(17)18/h3-6,8,15H,1-2H3. The maximum absolute atomic E-state index is 13.0. The maximum Gasteiger partial charge on any atom is 0.295 e. The smallest absolute Gasteiger partial charge is 0.295 e. The minimum Gasteiger partial charge on any atom is -0.371 e. The fourth-order valence-corrected chi connectivity index (χ4v) is 2.45. The van der Waals surface area contributed by atoms with Gasteiger partial charge in [0, 0.05) is 11.1 Å². The summed E-state index contributed by atoms with van der Waals surface area (Å²) in [5, 5.41) is 16.6. The zero-order valence-electron chi connectivity index (χ0n) is 10.4. The second-order valence-electron chi connectivity index (χ2n) is 4.11. The van der Waals surface area contributed by atoms with E-state index >= 15 is 0 Å². The lowest BCUT2D eigenvalue weighted by Gasteiger charge is -2.12. The zero-order valence-corrected chi connectivity index (χ0v) is 11.2. The number of anilines is 1. The number of hydrogen-bond acceptors (Lipinski definition) is 5. The van der Waals surface area contributed by atoms with Crippen LogP contribution >= 0.6 is 11.3 Å². The Morgan fingerprint density at radius 2 is 2.26 bits per heavy atom. The first-order valence-electron chi connectivity index (χ1n) is 5.60. The molecule has 0 saturated carbocycles. The summed E-state index contributed by atoms with van der Waals surface area (Å²) >= 11 is 1.48. The number of thiazole rings is 1. The number of benzene rings is 1. The molecule has 1 N–H and O–H groups in total. The van der Waals surface area contributed by atoms with Crippen LogP contribution in [0, 0.1) is 22.9 Å². The second kappa shape index (κ2) is 5.31. The Balaban J connectivity index is 2.26. The quantitative estimate of drug-likeness (QED) is 0.685. The molecule has 100 valence electrons. The molecule has 0 saturated heterocycles. The van der Waals surface area contributed by atoms with Gasteiger partial charge in [0.2, 0.25) is 0 Å². The molecule has 0 radical (unpaired) electrons. The van der Waals surface area contributed by atoms with Crippen molar-refractivity contribution in [2.75, 3.05) is 5.32 Å². The summed E-state index contributed by atoms with van der Waals surface area (Å²) < 4.78 is 13.0. The molecule has 1 unspecified atom stereocenters. The fourth-order valence-electron chi connectivity index (χ4n) is 1.64. The largest absolute Gasteiger partial charge is 0.371 e. The first-order valence-corrected chi connectivity index (χ1v) is 6.48. The summed E-state index contributed by atoms with van der Waals surface area (Å²) in [6.45, 7) is 3.73. The Bertz CT molecular complexity index is 615. The molecule has 0 aliphatic rings. The van der Waals surface area contributed by atoms with Crippen LogP contribution in [0.15, 0.2) is 23.6 Å². The van der Waals surface area contributed by atoms with Crippen molar-refractivity contribution in [3.63, 3.8) is 0 Å². The molecule has 1 heterocycles. The number of rotatable bonds is 4. The van der Waals surface area contributed by atoms with Crippen molar-refractivity contribution < 1.29 is 9.31 Å². The molecule has 1 aromatic heterocycles. The van der Waals surface area contributed by atoms with Crippen LogP contribution in [0.3, 0.4) is 0 Å². The van der Waals surface area contributed by atoms with Crippen LogP contribution in [0.5, 0.6) is 0 Å². The fraction of sp³-hybridized carbons (Fsp3) is 0.250. The molecule has 2 aromatic rings. The average Bonchev–Trinajstić information content (AvgIpc) is 2.78. The lowest BCUT2D eigenvalue weighted by atomic mass is 10.2. The van der Waals surface area contributed by atoms with Gasteiger partial charge in [0.15, 0.2) is 0 Å². The van der Waals surface area contributed by atoms with E-state index in [9.17, 15) is 14.5 Å². The summed E-state index contributed by atoms with van der Waals surface area (Å²) in [7, 11) is 0. The third kappa shape index (κ3) is 3.05. The van der Waals surface area contributed by atoms with E-state index in [1.54, 1.807) is 0 Å². The first-order chi connectivity index (χ1) is 8.97. The van der Waals surface area contributed by atoms with Crippen molar-refractivity contribution in [1.29, 1.82) is 0 Å². The summed E-state index contributed by atoms with van der Waals surface area (Å²) in [6.07, 6.45) is 0. The van der Waals surface area contributed by atoms with Gasteiger partial charge in [-0.3, -0.25) is 10.1 Å². The number of hydrogen-bond donors (Lipinski definition) is 1. The van der Waals surface area contributed by atoms with E-state index in [1.165, 1.54) is 23.5 Å². The molecule has 1 aromatic carbocycles. The molecule has 0 amide bonds. The SMILES string of the molecule is Cc1csc(C(C)Nc2ccc(F)cc2[N+](=O)[O-])n1. The molecule has 2 rings (SSSR count). The molecule has 0 bridgehead atoms. The van der Waals surface area contributed by atoms with Crippen molar-refractivity contribution >= 4 is 22.7 Å². The molecule has 0 aliphatic heterocycles. The molecule has 1 atom stereocenters. The third-order valence-electron chi connectivity index (χ3n) is 2.54. The molecular formula is C12H12FN3O2S. The minimum atomic E-state index is -0.630. The molecule has 7 heteroatoms. The van der Waals surface area contributed by atoms with E-state index in [2.05, 4.69) is 10.3 Å². The molecule has 0 spiro atoms. The number of nitrogens with one attached hydrogen (secondary N) is 1. The first kappa shape index (κ1) is 13.4. The van der Waals surface area contributed by atoms with Gasteiger partial charge < -0.3 is 5.32 Å². The predicted octanol–water partition coefficient (Wildman–Crippen LogP) is 3.67. The van der Waals surface area contributed by atoms with E-state index in [-0.39, 0.29) is 17.4 Å². The van der Waals surface area contributed by atoms with Crippen LogP contribution in [-0.2, 0) is 0 Å². The molecule has 0 fully saturated rings. The summed E-state index contributed by atoms with van der Waals surface area (Å²) in [5.41, 5.74) is 0.911. The number of halogens is 1. The van der Waals surface area contributed by atoms with Gasteiger partial charge >= 0.3 is 0 Å². The molecule has 19 heavy (non-hydrogen) atoms. The Labute approximate surface area is 113 Å². The van der Waals surface area contributed by atoms with Crippen molar-refractivity contribution in [3.05, 3.63) is 50.2 Å². The van der Waals surface area contributed by atoms with Crippen molar-refractivity contribution in [2.24, 2.45) is 0 Å². The van der Waals surface area contributed by atoms with Crippen LogP contribution in [0.2, 0.25) is 0 Å². The van der Waals surface area contributed by atoms with Gasteiger partial charge in [0.05, 0.1) is 17.0 Å². The monoisotopic (exact) mass is 281 g/mol. The lowest BCUT2D eigenvalue weighted by molar-refractivity contribution is -0.384. The highest BCUT2D eigenvalue weighted by molar-refractivity contribution is 7.09. The Hall–Kier alpha value is -2.02. The van der Waals surface area contributed by atoms with E-state index < -0.39 is 10.7 Å². The van der Waals surface area contributed by atoms with Gasteiger partial charge in [-0.15, -0.1) is 11.3 Å². The van der Waals surface area contributed by atoms with Crippen molar-refractivity contribution in [1.82, 2.24) is 4.98 Å². The van der Waals surface area contributed by atoms with Crippen LogP contribution in [0.25, 0.3) is 0 Å².